The van der Waals surface area contributed by atoms with Crippen LogP contribution < -0.4 is 10.2 Å². The van der Waals surface area contributed by atoms with Gasteiger partial charge < -0.3 is 10.2 Å². The second-order valence-corrected chi connectivity index (χ2v) is 6.40. The summed E-state index contributed by atoms with van der Waals surface area (Å²) in [6.07, 6.45) is 6.76. The fourth-order valence-corrected chi connectivity index (χ4v) is 3.26. The van der Waals surface area contributed by atoms with Gasteiger partial charge in [0.05, 0.1) is 10.0 Å². The van der Waals surface area contributed by atoms with Gasteiger partial charge in [0, 0.05) is 18.8 Å². The minimum Gasteiger partial charge on any atom is -0.352 e. The van der Waals surface area contributed by atoms with Crippen molar-refractivity contribution in [3.63, 3.8) is 0 Å². The first-order valence-electron chi connectivity index (χ1n) is 7.02. The van der Waals surface area contributed by atoms with Crippen LogP contribution in [0.25, 0.3) is 0 Å². The molecule has 0 amide bonds. The molecule has 0 radical (unpaired) electrons. The summed E-state index contributed by atoms with van der Waals surface area (Å²) < 4.78 is 0. The van der Waals surface area contributed by atoms with Crippen molar-refractivity contribution in [2.24, 2.45) is 5.92 Å². The molecule has 2 fully saturated rings. The molecular weight excluding hydrogens is 281 g/mol. The van der Waals surface area contributed by atoms with Gasteiger partial charge in [0.25, 0.3) is 0 Å². The van der Waals surface area contributed by atoms with Crippen LogP contribution in [0.1, 0.15) is 25.7 Å². The van der Waals surface area contributed by atoms with E-state index in [9.17, 15) is 0 Å². The van der Waals surface area contributed by atoms with Crippen LogP contribution in [-0.2, 0) is 0 Å². The fourth-order valence-electron chi connectivity index (χ4n) is 2.77. The van der Waals surface area contributed by atoms with Crippen LogP contribution in [0.15, 0.2) is 12.3 Å². The lowest BCUT2D eigenvalue weighted by molar-refractivity contribution is 0.375. The third-order valence-electron chi connectivity index (χ3n) is 3.90. The van der Waals surface area contributed by atoms with Crippen LogP contribution in [0, 0.1) is 5.92 Å². The standard InChI is InChI=1S/C14H19Cl2N3/c15-11-6-13(16)14(18-8-11)19(12-3-4-12)9-10-2-1-5-17-7-10/h6,8,10,12,17H,1-5,7,9H2. The van der Waals surface area contributed by atoms with Gasteiger partial charge >= 0.3 is 0 Å². The van der Waals surface area contributed by atoms with Crippen molar-refractivity contribution < 1.29 is 0 Å². The van der Waals surface area contributed by atoms with E-state index in [-0.39, 0.29) is 0 Å². The Morgan fingerprint density at radius 1 is 1.32 bits per heavy atom. The summed E-state index contributed by atoms with van der Waals surface area (Å²) in [7, 11) is 0. The summed E-state index contributed by atoms with van der Waals surface area (Å²) in [5, 5.41) is 4.74. The summed E-state index contributed by atoms with van der Waals surface area (Å²) in [5.74, 6) is 1.60. The Morgan fingerprint density at radius 2 is 2.16 bits per heavy atom. The van der Waals surface area contributed by atoms with Crippen molar-refractivity contribution >= 4 is 29.0 Å². The molecule has 1 aliphatic heterocycles. The first kappa shape index (κ1) is 13.5. The van der Waals surface area contributed by atoms with Crippen molar-refractivity contribution in [1.29, 1.82) is 0 Å². The van der Waals surface area contributed by atoms with E-state index in [2.05, 4.69) is 15.2 Å². The van der Waals surface area contributed by atoms with E-state index in [1.165, 1.54) is 25.7 Å². The lowest BCUT2D eigenvalue weighted by Crippen LogP contribution is -2.39. The van der Waals surface area contributed by atoms with Crippen LogP contribution >= 0.6 is 23.2 Å². The molecule has 1 aromatic rings. The Labute approximate surface area is 124 Å². The predicted molar refractivity (Wildman–Crippen MR) is 80.2 cm³/mol. The van der Waals surface area contributed by atoms with E-state index in [0.29, 0.717) is 22.0 Å². The van der Waals surface area contributed by atoms with Crippen LogP contribution in [-0.4, -0.2) is 30.7 Å². The average molecular weight is 300 g/mol. The van der Waals surface area contributed by atoms with E-state index in [1.54, 1.807) is 12.3 Å². The molecule has 2 aliphatic rings. The highest BCUT2D eigenvalue weighted by atomic mass is 35.5. The molecule has 1 N–H and O–H groups in total. The lowest BCUT2D eigenvalue weighted by atomic mass is 9.99. The summed E-state index contributed by atoms with van der Waals surface area (Å²) >= 11 is 12.2. The first-order chi connectivity index (χ1) is 9.24. The summed E-state index contributed by atoms with van der Waals surface area (Å²) in [5.41, 5.74) is 0. The molecule has 1 saturated heterocycles. The van der Waals surface area contributed by atoms with Crippen LogP contribution in [0.2, 0.25) is 10.0 Å². The number of aromatic nitrogens is 1. The minimum atomic E-state index is 0.601. The predicted octanol–water partition coefficient (Wildman–Crippen LogP) is 3.36. The van der Waals surface area contributed by atoms with E-state index in [1.807, 2.05) is 0 Å². The lowest BCUT2D eigenvalue weighted by Gasteiger charge is -2.31. The highest BCUT2D eigenvalue weighted by Crippen LogP contribution is 2.36. The molecule has 5 heteroatoms. The van der Waals surface area contributed by atoms with E-state index >= 15 is 0 Å². The Hall–Kier alpha value is -0.510. The molecule has 1 aliphatic carbocycles. The Bertz CT molecular complexity index is 442. The summed E-state index contributed by atoms with van der Waals surface area (Å²) in [6, 6.07) is 2.41. The number of nitrogens with one attached hydrogen (secondary N) is 1. The largest absolute Gasteiger partial charge is 0.352 e. The van der Waals surface area contributed by atoms with Gasteiger partial charge in [0.1, 0.15) is 5.82 Å². The molecule has 1 saturated carbocycles. The first-order valence-corrected chi connectivity index (χ1v) is 7.78. The van der Waals surface area contributed by atoms with E-state index in [0.717, 1.165) is 25.5 Å². The number of nitrogens with zero attached hydrogens (tertiary/aromatic N) is 2. The third-order valence-corrected chi connectivity index (χ3v) is 4.39. The van der Waals surface area contributed by atoms with Crippen molar-refractivity contribution in [1.82, 2.24) is 10.3 Å². The molecule has 2 heterocycles. The van der Waals surface area contributed by atoms with Gasteiger partial charge in [0.2, 0.25) is 0 Å². The van der Waals surface area contributed by atoms with E-state index < -0.39 is 0 Å². The normalized spacial score (nSPS) is 23.4. The van der Waals surface area contributed by atoms with Gasteiger partial charge in [0.15, 0.2) is 0 Å². The van der Waals surface area contributed by atoms with Gasteiger partial charge in [-0.05, 0) is 50.8 Å². The highest BCUT2D eigenvalue weighted by molar-refractivity contribution is 6.36. The van der Waals surface area contributed by atoms with Crippen LogP contribution in [0.4, 0.5) is 5.82 Å². The number of pyridine rings is 1. The summed E-state index contributed by atoms with van der Waals surface area (Å²) in [6.45, 7) is 3.31. The van der Waals surface area contributed by atoms with Gasteiger partial charge in [-0.3, -0.25) is 0 Å². The number of hydrogen-bond donors (Lipinski definition) is 1. The minimum absolute atomic E-state index is 0.601. The molecule has 3 nitrogen and oxygen atoms in total. The quantitative estimate of drug-likeness (QED) is 0.924. The average Bonchev–Trinajstić information content (AvgIpc) is 3.22. The fraction of sp³-hybridized carbons (Fsp3) is 0.643. The Balaban J connectivity index is 1.76. The van der Waals surface area contributed by atoms with Crippen molar-refractivity contribution in [2.45, 2.75) is 31.7 Å². The zero-order chi connectivity index (χ0) is 13.2. The topological polar surface area (TPSA) is 28.2 Å². The maximum absolute atomic E-state index is 6.31. The van der Waals surface area contributed by atoms with Gasteiger partial charge in [-0.15, -0.1) is 0 Å². The third kappa shape index (κ3) is 3.33. The summed E-state index contributed by atoms with van der Waals surface area (Å²) in [4.78, 5) is 6.83. The molecule has 0 bridgehead atoms. The maximum atomic E-state index is 6.31. The Morgan fingerprint density at radius 3 is 2.79 bits per heavy atom. The SMILES string of the molecule is Clc1cnc(N(CC2CCCNC2)C2CC2)c(Cl)c1. The highest BCUT2D eigenvalue weighted by Gasteiger charge is 2.33. The van der Waals surface area contributed by atoms with Crippen molar-refractivity contribution in [2.75, 3.05) is 24.5 Å². The smallest absolute Gasteiger partial charge is 0.147 e. The van der Waals surface area contributed by atoms with Gasteiger partial charge in [-0.1, -0.05) is 23.2 Å². The number of rotatable bonds is 4. The molecular formula is C14H19Cl2N3. The molecule has 0 aromatic carbocycles. The van der Waals surface area contributed by atoms with Crippen LogP contribution in [0.5, 0.6) is 0 Å². The second kappa shape index (κ2) is 5.86. The van der Waals surface area contributed by atoms with E-state index in [4.69, 9.17) is 23.2 Å². The zero-order valence-corrected chi connectivity index (χ0v) is 12.4. The second-order valence-electron chi connectivity index (χ2n) is 5.55. The molecule has 1 atom stereocenters. The maximum Gasteiger partial charge on any atom is 0.147 e. The molecule has 104 valence electrons. The van der Waals surface area contributed by atoms with Gasteiger partial charge in [-0.25, -0.2) is 4.98 Å². The van der Waals surface area contributed by atoms with Crippen LogP contribution in [0.3, 0.4) is 0 Å². The number of anilines is 1. The molecule has 1 unspecified atom stereocenters. The van der Waals surface area contributed by atoms with Crippen molar-refractivity contribution in [3.8, 4) is 0 Å². The monoisotopic (exact) mass is 299 g/mol. The van der Waals surface area contributed by atoms with Crippen molar-refractivity contribution in [3.05, 3.63) is 22.3 Å². The van der Waals surface area contributed by atoms with Gasteiger partial charge in [-0.2, -0.15) is 0 Å². The molecule has 19 heavy (non-hydrogen) atoms. The number of piperidine rings is 1. The molecule has 0 spiro atoms. The number of halogens is 2. The molecule has 1 aromatic heterocycles. The zero-order valence-electron chi connectivity index (χ0n) is 10.9. The molecule has 3 rings (SSSR count). The Kier molecular flexibility index (Phi) is 4.15. The number of hydrogen-bond acceptors (Lipinski definition) is 3.